The summed E-state index contributed by atoms with van der Waals surface area (Å²) in [5, 5.41) is 9.64. The van der Waals surface area contributed by atoms with Crippen LogP contribution in [-0.2, 0) is 27.6 Å². The Morgan fingerprint density at radius 1 is 1.43 bits per heavy atom. The predicted molar refractivity (Wildman–Crippen MR) is 110 cm³/mol. The van der Waals surface area contributed by atoms with Gasteiger partial charge in [0.15, 0.2) is 16.4 Å². The lowest BCUT2D eigenvalue weighted by Crippen LogP contribution is -3.09. The van der Waals surface area contributed by atoms with Crippen LogP contribution in [0, 0.1) is 13.8 Å². The van der Waals surface area contributed by atoms with Crippen molar-refractivity contribution in [2.45, 2.75) is 39.3 Å². The molecule has 1 aliphatic heterocycles. The predicted octanol–water partition coefficient (Wildman–Crippen LogP) is 0.295. The van der Waals surface area contributed by atoms with E-state index in [9.17, 15) is 13.2 Å². The van der Waals surface area contributed by atoms with Crippen molar-refractivity contribution < 1.29 is 18.1 Å². The number of hydrogen-bond donors (Lipinski definition) is 2. The van der Waals surface area contributed by atoms with E-state index >= 15 is 0 Å². The summed E-state index contributed by atoms with van der Waals surface area (Å²) in [7, 11) is -0.951. The van der Waals surface area contributed by atoms with Gasteiger partial charge in [-0.15, -0.1) is 11.3 Å². The standard InChI is InChI=1S/C19H28N4O3S2/c1-14-18(15(2)23(21-14)16-7-10-28(25,26)13-16)11-22(3)12-19(24)20-8-6-17-5-4-9-27-17/h4-5,9,16H,6-8,10-13H2,1-3H3,(H,20,24)/p+1/t16-/m0/s1. The van der Waals surface area contributed by atoms with Crippen LogP contribution in [0.25, 0.3) is 0 Å². The summed E-state index contributed by atoms with van der Waals surface area (Å²) < 4.78 is 25.5. The second-order valence-electron chi connectivity index (χ2n) is 7.64. The van der Waals surface area contributed by atoms with Crippen molar-refractivity contribution in [3.8, 4) is 0 Å². The van der Waals surface area contributed by atoms with E-state index < -0.39 is 9.84 Å². The van der Waals surface area contributed by atoms with Gasteiger partial charge in [-0.2, -0.15) is 5.10 Å². The van der Waals surface area contributed by atoms with Crippen LogP contribution in [0.1, 0.15) is 34.3 Å². The van der Waals surface area contributed by atoms with Crippen molar-refractivity contribution in [3.05, 3.63) is 39.3 Å². The molecule has 1 amide bonds. The van der Waals surface area contributed by atoms with Gasteiger partial charge in [-0.1, -0.05) is 6.07 Å². The molecule has 1 aliphatic rings. The number of likely N-dealkylation sites (N-methyl/N-ethyl adjacent to an activating group) is 1. The maximum atomic E-state index is 12.2. The summed E-state index contributed by atoms with van der Waals surface area (Å²) in [6, 6.07) is 4.02. The highest BCUT2D eigenvalue weighted by Crippen LogP contribution is 2.26. The zero-order chi connectivity index (χ0) is 20.3. The Labute approximate surface area is 170 Å². The van der Waals surface area contributed by atoms with Gasteiger partial charge in [0.05, 0.1) is 35.9 Å². The molecule has 1 unspecified atom stereocenters. The molecule has 2 N–H and O–H groups in total. The molecular formula is C19H29N4O3S2+. The van der Waals surface area contributed by atoms with Crippen LogP contribution in [0.3, 0.4) is 0 Å². The average molecular weight is 426 g/mol. The first-order valence-electron chi connectivity index (χ1n) is 9.60. The number of nitrogens with zero attached hydrogens (tertiary/aromatic N) is 2. The zero-order valence-electron chi connectivity index (χ0n) is 16.7. The molecule has 154 valence electrons. The largest absolute Gasteiger partial charge is 0.351 e. The summed E-state index contributed by atoms with van der Waals surface area (Å²) in [6.07, 6.45) is 1.48. The molecule has 9 heteroatoms. The molecule has 2 aromatic rings. The fourth-order valence-corrected chi connectivity index (χ4v) is 6.16. The van der Waals surface area contributed by atoms with Crippen molar-refractivity contribution in [1.82, 2.24) is 15.1 Å². The smallest absolute Gasteiger partial charge is 0.275 e. The molecule has 2 atom stereocenters. The number of quaternary nitrogens is 1. The number of aromatic nitrogens is 2. The number of hydrogen-bond acceptors (Lipinski definition) is 5. The third kappa shape index (κ3) is 5.21. The van der Waals surface area contributed by atoms with Gasteiger partial charge in [0.1, 0.15) is 6.54 Å². The van der Waals surface area contributed by atoms with E-state index in [-0.39, 0.29) is 23.5 Å². The van der Waals surface area contributed by atoms with E-state index in [0.29, 0.717) is 26.1 Å². The number of nitrogens with one attached hydrogen (secondary N) is 2. The fourth-order valence-electron chi connectivity index (χ4n) is 3.76. The topological polar surface area (TPSA) is 85.5 Å². The van der Waals surface area contributed by atoms with Gasteiger partial charge in [0, 0.05) is 17.1 Å². The molecule has 0 saturated carbocycles. The summed E-state index contributed by atoms with van der Waals surface area (Å²) in [5.41, 5.74) is 3.03. The van der Waals surface area contributed by atoms with Gasteiger partial charge in [0.25, 0.3) is 5.91 Å². The maximum Gasteiger partial charge on any atom is 0.275 e. The summed E-state index contributed by atoms with van der Waals surface area (Å²) in [5.74, 6) is 0.449. The third-order valence-electron chi connectivity index (χ3n) is 5.24. The lowest BCUT2D eigenvalue weighted by Gasteiger charge is -2.15. The minimum absolute atomic E-state index is 0.0404. The van der Waals surface area contributed by atoms with E-state index in [1.54, 1.807) is 11.3 Å². The molecule has 7 nitrogen and oxygen atoms in total. The Hall–Kier alpha value is -1.71. The highest BCUT2D eigenvalue weighted by atomic mass is 32.2. The van der Waals surface area contributed by atoms with Gasteiger partial charge >= 0.3 is 0 Å². The van der Waals surface area contributed by atoms with E-state index in [4.69, 9.17) is 0 Å². The monoisotopic (exact) mass is 425 g/mol. The molecule has 2 aromatic heterocycles. The van der Waals surface area contributed by atoms with E-state index in [0.717, 1.165) is 28.3 Å². The first kappa shape index (κ1) is 21.0. The zero-order valence-corrected chi connectivity index (χ0v) is 18.3. The van der Waals surface area contributed by atoms with Crippen LogP contribution < -0.4 is 10.2 Å². The highest BCUT2D eigenvalue weighted by molar-refractivity contribution is 7.91. The number of carbonyl (C=O) groups is 1. The molecule has 0 bridgehead atoms. The van der Waals surface area contributed by atoms with Crippen LogP contribution in [-0.4, -0.2) is 55.7 Å². The quantitative estimate of drug-likeness (QED) is 0.637. The van der Waals surface area contributed by atoms with Gasteiger partial charge in [-0.25, -0.2) is 8.42 Å². The van der Waals surface area contributed by atoms with Crippen LogP contribution in [0.5, 0.6) is 0 Å². The lowest BCUT2D eigenvalue weighted by molar-refractivity contribution is -0.885. The first-order valence-corrected chi connectivity index (χ1v) is 12.3. The number of rotatable bonds is 8. The normalized spacial score (nSPS) is 19.6. The van der Waals surface area contributed by atoms with Crippen LogP contribution in [0.15, 0.2) is 17.5 Å². The Balaban J connectivity index is 1.53. The number of thiophene rings is 1. The van der Waals surface area contributed by atoms with Gasteiger partial charge in [0.2, 0.25) is 0 Å². The molecule has 0 aromatic carbocycles. The lowest BCUT2D eigenvalue weighted by atomic mass is 10.1. The van der Waals surface area contributed by atoms with Crippen molar-refractivity contribution in [3.63, 3.8) is 0 Å². The molecule has 0 radical (unpaired) electrons. The summed E-state index contributed by atoms with van der Waals surface area (Å²) >= 11 is 1.70. The van der Waals surface area contributed by atoms with E-state index in [1.807, 2.05) is 37.0 Å². The molecule has 0 spiro atoms. The van der Waals surface area contributed by atoms with Crippen LogP contribution >= 0.6 is 11.3 Å². The SMILES string of the molecule is Cc1nn([C@H]2CCS(=O)(=O)C2)c(C)c1C[NH+](C)CC(=O)NCCc1cccs1. The van der Waals surface area contributed by atoms with Gasteiger partial charge in [-0.3, -0.25) is 9.48 Å². The van der Waals surface area contributed by atoms with Crippen molar-refractivity contribution in [1.29, 1.82) is 0 Å². The van der Waals surface area contributed by atoms with Crippen molar-refractivity contribution >= 4 is 27.1 Å². The number of carbonyl (C=O) groups excluding carboxylic acids is 1. The molecular weight excluding hydrogens is 396 g/mol. The van der Waals surface area contributed by atoms with E-state index in [1.165, 1.54) is 4.88 Å². The molecule has 3 heterocycles. The van der Waals surface area contributed by atoms with E-state index in [2.05, 4.69) is 16.5 Å². The fraction of sp³-hybridized carbons (Fsp3) is 0.579. The summed E-state index contributed by atoms with van der Waals surface area (Å²) in [4.78, 5) is 14.6. The molecule has 3 rings (SSSR count). The number of amides is 1. The maximum absolute atomic E-state index is 12.2. The van der Waals surface area contributed by atoms with Gasteiger partial charge in [-0.05, 0) is 38.1 Å². The first-order chi connectivity index (χ1) is 13.2. The minimum atomic E-state index is -2.95. The van der Waals surface area contributed by atoms with Crippen molar-refractivity contribution in [2.24, 2.45) is 0 Å². The molecule has 1 saturated heterocycles. The number of sulfone groups is 1. The highest BCUT2D eigenvalue weighted by Gasteiger charge is 2.31. The third-order valence-corrected chi connectivity index (χ3v) is 7.93. The second kappa shape index (κ2) is 8.75. The van der Waals surface area contributed by atoms with Crippen molar-refractivity contribution in [2.75, 3.05) is 31.6 Å². The van der Waals surface area contributed by atoms with Crippen LogP contribution in [0.4, 0.5) is 0 Å². The second-order valence-corrected chi connectivity index (χ2v) is 10.9. The average Bonchev–Trinajstić information content (AvgIpc) is 3.31. The summed E-state index contributed by atoms with van der Waals surface area (Å²) in [6.45, 7) is 5.69. The Bertz CT molecular complexity index is 919. The van der Waals surface area contributed by atoms with Crippen LogP contribution in [0.2, 0.25) is 0 Å². The molecule has 0 aliphatic carbocycles. The molecule has 28 heavy (non-hydrogen) atoms. The Kier molecular flexibility index (Phi) is 6.57. The number of aryl methyl sites for hydroxylation is 1. The Morgan fingerprint density at radius 2 is 2.21 bits per heavy atom. The minimum Gasteiger partial charge on any atom is -0.351 e. The van der Waals surface area contributed by atoms with Gasteiger partial charge < -0.3 is 10.2 Å². The molecule has 1 fully saturated rings. The Morgan fingerprint density at radius 3 is 2.86 bits per heavy atom.